The first-order valence-corrected chi connectivity index (χ1v) is 16.0. The smallest absolute Gasteiger partial charge is 0.246 e. The van der Waals surface area contributed by atoms with Gasteiger partial charge in [0, 0.05) is 29.8 Å². The summed E-state index contributed by atoms with van der Waals surface area (Å²) >= 11 is 4.79. The Morgan fingerprint density at radius 1 is 0.854 bits per heavy atom. The molecule has 4 heterocycles. The number of thioether (sulfide) groups is 2. The SMILES string of the molecule is O=C(Cn1ccc2ccccc21)NC1=NNC(CCSCCc2nnc(NC(=O)Cn3ccc4ccccc43)s2)S1. The fraction of sp³-hybridized carbons (Fsp3) is 0.250. The molecule has 2 aromatic carbocycles. The van der Waals surface area contributed by atoms with E-state index in [0.717, 1.165) is 51.2 Å². The third kappa shape index (κ3) is 6.92. The summed E-state index contributed by atoms with van der Waals surface area (Å²) in [5, 5.41) is 22.8. The molecule has 0 aliphatic carbocycles. The topological polar surface area (TPSA) is 118 Å². The number of para-hydroxylation sites is 2. The number of amides is 2. The van der Waals surface area contributed by atoms with Crippen molar-refractivity contribution in [2.24, 2.45) is 5.10 Å². The molecular weight excluding hydrogens is 577 g/mol. The highest BCUT2D eigenvalue weighted by Crippen LogP contribution is 2.23. The molecule has 10 nitrogen and oxygen atoms in total. The summed E-state index contributed by atoms with van der Waals surface area (Å²) in [6.07, 6.45) is 5.54. The molecule has 0 saturated carbocycles. The van der Waals surface area contributed by atoms with E-state index in [4.69, 9.17) is 0 Å². The fourth-order valence-electron chi connectivity index (χ4n) is 4.54. The molecule has 0 fully saturated rings. The van der Waals surface area contributed by atoms with Crippen LogP contribution >= 0.6 is 34.9 Å². The maximum Gasteiger partial charge on any atom is 0.246 e. The van der Waals surface area contributed by atoms with Crippen LogP contribution in [0.5, 0.6) is 0 Å². The molecule has 0 saturated heterocycles. The molecule has 0 spiro atoms. The van der Waals surface area contributed by atoms with Gasteiger partial charge in [0.15, 0.2) is 5.17 Å². The summed E-state index contributed by atoms with van der Waals surface area (Å²) in [5.74, 6) is 1.63. The number of hydrogen-bond acceptors (Lipinski definition) is 9. The van der Waals surface area contributed by atoms with Crippen LogP contribution in [-0.4, -0.2) is 53.2 Å². The summed E-state index contributed by atoms with van der Waals surface area (Å²) < 4.78 is 3.86. The number of hydrogen-bond donors (Lipinski definition) is 3. The summed E-state index contributed by atoms with van der Waals surface area (Å²) in [5.41, 5.74) is 5.17. The highest BCUT2D eigenvalue weighted by molar-refractivity contribution is 8.14. The molecule has 3 aromatic heterocycles. The Balaban J connectivity index is 0.862. The first-order chi connectivity index (χ1) is 20.1. The number of fused-ring (bicyclic) bond motifs is 2. The van der Waals surface area contributed by atoms with Crippen molar-refractivity contribution in [2.75, 3.05) is 16.8 Å². The first-order valence-electron chi connectivity index (χ1n) is 13.2. The van der Waals surface area contributed by atoms with E-state index in [-0.39, 0.29) is 30.3 Å². The third-order valence-electron chi connectivity index (χ3n) is 6.50. The van der Waals surface area contributed by atoms with Crippen molar-refractivity contribution in [3.8, 4) is 0 Å². The van der Waals surface area contributed by atoms with Crippen molar-refractivity contribution >= 4 is 78.8 Å². The Bertz CT molecular complexity index is 1710. The molecule has 1 aliphatic rings. The summed E-state index contributed by atoms with van der Waals surface area (Å²) in [7, 11) is 0. The molecular formula is C28H28N8O2S3. The first kappa shape index (κ1) is 27.4. The number of rotatable bonds is 11. The molecule has 13 heteroatoms. The van der Waals surface area contributed by atoms with E-state index < -0.39 is 0 Å². The van der Waals surface area contributed by atoms with Crippen molar-refractivity contribution in [2.45, 2.75) is 31.3 Å². The van der Waals surface area contributed by atoms with Gasteiger partial charge in [0.2, 0.25) is 16.9 Å². The van der Waals surface area contributed by atoms with Gasteiger partial charge in [-0.1, -0.05) is 59.5 Å². The Labute approximate surface area is 249 Å². The normalized spacial score (nSPS) is 14.7. The van der Waals surface area contributed by atoms with E-state index >= 15 is 0 Å². The zero-order valence-electron chi connectivity index (χ0n) is 22.0. The average Bonchev–Trinajstić information content (AvgIpc) is 3.78. The minimum absolute atomic E-state index is 0.0970. The van der Waals surface area contributed by atoms with E-state index in [0.29, 0.717) is 10.3 Å². The van der Waals surface area contributed by atoms with Crippen LogP contribution in [0.15, 0.2) is 78.2 Å². The van der Waals surface area contributed by atoms with Crippen LogP contribution in [0.1, 0.15) is 11.4 Å². The van der Waals surface area contributed by atoms with Crippen LogP contribution < -0.4 is 16.1 Å². The lowest BCUT2D eigenvalue weighted by Gasteiger charge is -2.09. The predicted octanol–water partition coefficient (Wildman–Crippen LogP) is 4.50. The van der Waals surface area contributed by atoms with Gasteiger partial charge in [-0.25, -0.2) is 0 Å². The minimum Gasteiger partial charge on any atom is -0.338 e. The Morgan fingerprint density at radius 3 is 2.22 bits per heavy atom. The monoisotopic (exact) mass is 604 g/mol. The van der Waals surface area contributed by atoms with Gasteiger partial charge in [-0.2, -0.15) is 16.9 Å². The molecule has 6 rings (SSSR count). The second-order valence-corrected chi connectivity index (χ2v) is 12.9. The van der Waals surface area contributed by atoms with E-state index in [1.165, 1.54) is 11.3 Å². The molecule has 1 unspecified atom stereocenters. The zero-order valence-corrected chi connectivity index (χ0v) is 24.5. The maximum absolute atomic E-state index is 12.5. The van der Waals surface area contributed by atoms with Gasteiger partial charge >= 0.3 is 0 Å². The second-order valence-electron chi connectivity index (χ2n) is 9.41. The van der Waals surface area contributed by atoms with Gasteiger partial charge in [0.25, 0.3) is 0 Å². The van der Waals surface area contributed by atoms with Crippen molar-refractivity contribution in [3.05, 3.63) is 78.1 Å². The Hall–Kier alpha value is -3.81. The number of benzene rings is 2. The number of anilines is 1. The van der Waals surface area contributed by atoms with Gasteiger partial charge in [0.05, 0.1) is 5.37 Å². The quantitative estimate of drug-likeness (QED) is 0.190. The molecule has 2 amide bonds. The number of nitrogens with zero attached hydrogens (tertiary/aromatic N) is 5. The lowest BCUT2D eigenvalue weighted by atomic mass is 10.2. The van der Waals surface area contributed by atoms with Gasteiger partial charge < -0.3 is 14.5 Å². The number of carbonyl (C=O) groups excluding carboxylic acids is 2. The third-order valence-corrected chi connectivity index (χ3v) is 9.45. The van der Waals surface area contributed by atoms with Crippen LogP contribution in [0, 0.1) is 0 Å². The van der Waals surface area contributed by atoms with Crippen LogP contribution in [0.4, 0.5) is 5.13 Å². The molecule has 1 atom stereocenters. The van der Waals surface area contributed by atoms with Crippen LogP contribution in [0.2, 0.25) is 0 Å². The molecule has 41 heavy (non-hydrogen) atoms. The number of carbonyl (C=O) groups is 2. The Morgan fingerprint density at radius 2 is 1.51 bits per heavy atom. The number of aromatic nitrogens is 4. The molecule has 3 N–H and O–H groups in total. The lowest BCUT2D eigenvalue weighted by molar-refractivity contribution is -0.120. The molecule has 5 aromatic rings. The van der Waals surface area contributed by atoms with E-state index in [9.17, 15) is 9.59 Å². The molecule has 0 bridgehead atoms. The number of amidine groups is 1. The summed E-state index contributed by atoms with van der Waals surface area (Å²) in [6, 6.07) is 20.0. The molecule has 1 aliphatic heterocycles. The molecule has 0 radical (unpaired) electrons. The van der Waals surface area contributed by atoms with E-state index in [1.54, 1.807) is 11.8 Å². The van der Waals surface area contributed by atoms with E-state index in [1.807, 2.05) is 94.0 Å². The summed E-state index contributed by atoms with van der Waals surface area (Å²) in [4.78, 5) is 25.1. The zero-order chi connectivity index (χ0) is 28.0. The number of nitrogens with one attached hydrogen (secondary N) is 3. The maximum atomic E-state index is 12.5. The van der Waals surface area contributed by atoms with Gasteiger partial charge in [-0.3, -0.25) is 20.3 Å². The highest BCUT2D eigenvalue weighted by Gasteiger charge is 2.21. The standard InChI is InChI=1S/C28H28N8O2S3/c37-23(17-35-13-9-19-5-1-3-7-21(19)35)29-27-33-31-25(40-27)11-15-39-16-12-26-32-34-28(41-26)30-24(38)18-36-14-10-20-6-2-4-8-22(20)36/h1-10,13-14,25,31H,11-12,15-18H2,(H,29,33,37)(H,30,34,38). The predicted molar refractivity (Wildman–Crippen MR) is 168 cm³/mol. The molecule has 210 valence electrons. The summed E-state index contributed by atoms with van der Waals surface area (Å²) in [6.45, 7) is 0.472. The van der Waals surface area contributed by atoms with Crippen molar-refractivity contribution in [1.82, 2.24) is 30.1 Å². The van der Waals surface area contributed by atoms with E-state index in [2.05, 4.69) is 31.4 Å². The number of hydrazone groups is 1. The second kappa shape index (κ2) is 12.8. The largest absolute Gasteiger partial charge is 0.338 e. The van der Waals surface area contributed by atoms with Crippen LogP contribution in [0.25, 0.3) is 21.8 Å². The van der Waals surface area contributed by atoms with Crippen molar-refractivity contribution in [1.29, 1.82) is 0 Å². The van der Waals surface area contributed by atoms with Gasteiger partial charge in [0.1, 0.15) is 18.1 Å². The van der Waals surface area contributed by atoms with Gasteiger partial charge in [-0.05, 0) is 53.0 Å². The van der Waals surface area contributed by atoms with Crippen LogP contribution in [-0.2, 0) is 29.1 Å². The van der Waals surface area contributed by atoms with Crippen molar-refractivity contribution in [3.63, 3.8) is 0 Å². The number of aryl methyl sites for hydroxylation is 1. The van der Waals surface area contributed by atoms with Gasteiger partial charge in [-0.15, -0.1) is 10.2 Å². The van der Waals surface area contributed by atoms with Crippen molar-refractivity contribution < 1.29 is 9.59 Å². The fourth-order valence-corrected chi connectivity index (χ4v) is 7.41. The lowest BCUT2D eigenvalue weighted by Crippen LogP contribution is -2.30. The minimum atomic E-state index is -0.124. The average molecular weight is 605 g/mol. The van der Waals surface area contributed by atoms with Crippen LogP contribution in [0.3, 0.4) is 0 Å². The Kier molecular flexibility index (Phi) is 8.54. The highest BCUT2D eigenvalue weighted by atomic mass is 32.2.